The molecule has 3 aromatic rings. The molecule has 0 amide bonds. The molecule has 2 aromatic heterocycles. The molecule has 0 atom stereocenters. The van der Waals surface area contributed by atoms with E-state index >= 15 is 0 Å². The highest BCUT2D eigenvalue weighted by Crippen LogP contribution is 2.31. The molecule has 0 unspecified atom stereocenters. The molecule has 1 fully saturated rings. The van der Waals surface area contributed by atoms with Crippen LogP contribution in [-0.4, -0.2) is 32.5 Å². The minimum atomic E-state index is 0.440. The van der Waals surface area contributed by atoms with Gasteiger partial charge >= 0.3 is 0 Å². The van der Waals surface area contributed by atoms with Gasteiger partial charge in [0, 0.05) is 37.9 Å². The molecule has 0 N–H and O–H groups in total. The largest absolute Gasteiger partial charge is 0.322 e. The number of benzene rings is 1. The Morgan fingerprint density at radius 1 is 1.13 bits per heavy atom. The molecular weight excluding hydrogens is 284 g/mol. The van der Waals surface area contributed by atoms with Gasteiger partial charge in [-0.25, -0.2) is 4.98 Å². The molecule has 1 aliphatic rings. The summed E-state index contributed by atoms with van der Waals surface area (Å²) in [6, 6.07) is 13.2. The van der Waals surface area contributed by atoms with Crippen molar-refractivity contribution in [3.8, 4) is 0 Å². The summed E-state index contributed by atoms with van der Waals surface area (Å²) < 4.78 is 2.46. The van der Waals surface area contributed by atoms with Gasteiger partial charge in [0.15, 0.2) is 0 Å². The van der Waals surface area contributed by atoms with E-state index in [2.05, 4.69) is 58.6 Å². The maximum absolute atomic E-state index is 4.86. The molecule has 4 heteroatoms. The minimum Gasteiger partial charge on any atom is -0.322 e. The first-order valence-corrected chi connectivity index (χ1v) is 8.30. The Kier molecular flexibility index (Phi) is 3.62. The summed E-state index contributed by atoms with van der Waals surface area (Å²) in [5.41, 5.74) is 3.66. The minimum absolute atomic E-state index is 0.440. The fourth-order valence-corrected chi connectivity index (χ4v) is 3.44. The topological polar surface area (TPSA) is 34.0 Å². The van der Waals surface area contributed by atoms with Crippen LogP contribution in [0.25, 0.3) is 11.0 Å². The van der Waals surface area contributed by atoms with Crippen molar-refractivity contribution in [3.63, 3.8) is 0 Å². The van der Waals surface area contributed by atoms with E-state index in [9.17, 15) is 0 Å². The highest BCUT2D eigenvalue weighted by Gasteiger charge is 2.31. The molecule has 0 bridgehead atoms. The Morgan fingerprint density at radius 2 is 1.96 bits per heavy atom. The Morgan fingerprint density at radius 3 is 2.70 bits per heavy atom. The van der Waals surface area contributed by atoms with E-state index in [0.717, 1.165) is 25.2 Å². The molecule has 4 rings (SSSR count). The second-order valence-corrected chi connectivity index (χ2v) is 6.69. The number of aromatic nitrogens is 3. The number of pyridine rings is 1. The smallest absolute Gasteiger partial charge is 0.112 e. The summed E-state index contributed by atoms with van der Waals surface area (Å²) in [5.74, 6) is 1.65. The molecule has 23 heavy (non-hydrogen) atoms. The molecule has 0 spiro atoms. The Bertz CT molecular complexity index is 801. The van der Waals surface area contributed by atoms with E-state index in [1.807, 2.05) is 18.5 Å². The van der Waals surface area contributed by atoms with Crippen molar-refractivity contribution in [2.75, 3.05) is 13.1 Å². The van der Waals surface area contributed by atoms with Gasteiger partial charge in [-0.05, 0) is 23.8 Å². The average Bonchev–Trinajstić information content (AvgIpc) is 2.91. The van der Waals surface area contributed by atoms with Gasteiger partial charge in [0.25, 0.3) is 0 Å². The van der Waals surface area contributed by atoms with Gasteiger partial charge in [-0.1, -0.05) is 32.0 Å². The van der Waals surface area contributed by atoms with Crippen molar-refractivity contribution in [3.05, 3.63) is 60.2 Å². The normalized spacial score (nSPS) is 16.1. The third-order valence-corrected chi connectivity index (χ3v) is 4.57. The SMILES string of the molecule is CC(C)c1nc2ccccc2n1C1CN(Cc2cccnc2)C1. The number of imidazole rings is 1. The summed E-state index contributed by atoms with van der Waals surface area (Å²) in [7, 11) is 0. The van der Waals surface area contributed by atoms with Crippen LogP contribution in [-0.2, 0) is 6.54 Å². The average molecular weight is 306 g/mol. The molecule has 4 nitrogen and oxygen atoms in total. The van der Waals surface area contributed by atoms with E-state index in [-0.39, 0.29) is 0 Å². The summed E-state index contributed by atoms with van der Waals surface area (Å²) in [6.45, 7) is 7.59. The lowest BCUT2D eigenvalue weighted by Crippen LogP contribution is -2.47. The highest BCUT2D eigenvalue weighted by atomic mass is 15.3. The van der Waals surface area contributed by atoms with Gasteiger partial charge in [-0.3, -0.25) is 9.88 Å². The highest BCUT2D eigenvalue weighted by molar-refractivity contribution is 5.76. The Balaban J connectivity index is 1.56. The summed E-state index contributed by atoms with van der Waals surface area (Å²) in [4.78, 5) is 11.5. The molecule has 1 saturated heterocycles. The van der Waals surface area contributed by atoms with Gasteiger partial charge in [0.2, 0.25) is 0 Å². The van der Waals surface area contributed by atoms with Crippen LogP contribution in [0.5, 0.6) is 0 Å². The summed E-state index contributed by atoms with van der Waals surface area (Å²) in [5, 5.41) is 0. The van der Waals surface area contributed by atoms with Crippen molar-refractivity contribution < 1.29 is 0 Å². The molecule has 0 aliphatic carbocycles. The summed E-state index contributed by atoms with van der Waals surface area (Å²) in [6.07, 6.45) is 3.79. The number of para-hydroxylation sites is 2. The first kappa shape index (κ1) is 14.4. The van der Waals surface area contributed by atoms with Crippen LogP contribution < -0.4 is 0 Å². The number of hydrogen-bond donors (Lipinski definition) is 0. The lowest BCUT2D eigenvalue weighted by Gasteiger charge is -2.41. The predicted molar refractivity (Wildman–Crippen MR) is 92.4 cm³/mol. The van der Waals surface area contributed by atoms with E-state index in [0.29, 0.717) is 12.0 Å². The molecule has 3 heterocycles. The summed E-state index contributed by atoms with van der Waals surface area (Å²) >= 11 is 0. The molecule has 1 aromatic carbocycles. The van der Waals surface area contributed by atoms with Gasteiger partial charge in [-0.2, -0.15) is 0 Å². The zero-order valence-corrected chi connectivity index (χ0v) is 13.7. The monoisotopic (exact) mass is 306 g/mol. The third-order valence-electron chi connectivity index (χ3n) is 4.57. The van der Waals surface area contributed by atoms with E-state index in [4.69, 9.17) is 4.98 Å². The van der Waals surface area contributed by atoms with E-state index in [1.54, 1.807) is 0 Å². The maximum atomic E-state index is 4.86. The number of likely N-dealkylation sites (tertiary alicyclic amines) is 1. The van der Waals surface area contributed by atoms with E-state index in [1.165, 1.54) is 16.9 Å². The zero-order chi connectivity index (χ0) is 15.8. The van der Waals surface area contributed by atoms with Crippen molar-refractivity contribution >= 4 is 11.0 Å². The van der Waals surface area contributed by atoms with Crippen molar-refractivity contribution in [1.29, 1.82) is 0 Å². The zero-order valence-electron chi connectivity index (χ0n) is 13.7. The van der Waals surface area contributed by atoms with Gasteiger partial charge in [0.1, 0.15) is 5.82 Å². The van der Waals surface area contributed by atoms with Gasteiger partial charge in [-0.15, -0.1) is 0 Å². The quantitative estimate of drug-likeness (QED) is 0.738. The van der Waals surface area contributed by atoms with Crippen LogP contribution in [0.1, 0.15) is 37.2 Å². The molecule has 0 radical (unpaired) electrons. The number of rotatable bonds is 4. The molecular formula is C19H22N4. The second-order valence-electron chi connectivity index (χ2n) is 6.69. The number of nitrogens with zero attached hydrogens (tertiary/aromatic N) is 4. The first-order valence-electron chi connectivity index (χ1n) is 8.30. The second kappa shape index (κ2) is 5.78. The fourth-order valence-electron chi connectivity index (χ4n) is 3.44. The molecule has 0 saturated carbocycles. The van der Waals surface area contributed by atoms with Crippen LogP contribution in [0.15, 0.2) is 48.8 Å². The third kappa shape index (κ3) is 2.63. The number of hydrogen-bond acceptors (Lipinski definition) is 3. The van der Waals surface area contributed by atoms with Crippen LogP contribution in [0.4, 0.5) is 0 Å². The Labute approximate surface area is 136 Å². The van der Waals surface area contributed by atoms with Crippen LogP contribution >= 0.6 is 0 Å². The van der Waals surface area contributed by atoms with Crippen LogP contribution in [0.3, 0.4) is 0 Å². The van der Waals surface area contributed by atoms with Gasteiger partial charge < -0.3 is 4.57 Å². The lowest BCUT2D eigenvalue weighted by molar-refractivity contribution is 0.0989. The standard InChI is InChI=1S/C19H22N4/c1-14(2)19-21-17-7-3-4-8-18(17)23(19)16-12-22(13-16)11-15-6-5-9-20-10-15/h3-10,14,16H,11-13H2,1-2H3. The van der Waals surface area contributed by atoms with Crippen LogP contribution in [0, 0.1) is 0 Å². The fraction of sp³-hybridized carbons (Fsp3) is 0.368. The van der Waals surface area contributed by atoms with Crippen LogP contribution in [0.2, 0.25) is 0 Å². The van der Waals surface area contributed by atoms with E-state index < -0.39 is 0 Å². The van der Waals surface area contributed by atoms with Gasteiger partial charge in [0.05, 0.1) is 17.1 Å². The van der Waals surface area contributed by atoms with Crippen molar-refractivity contribution in [2.45, 2.75) is 32.4 Å². The van der Waals surface area contributed by atoms with Crippen molar-refractivity contribution in [1.82, 2.24) is 19.4 Å². The molecule has 118 valence electrons. The maximum Gasteiger partial charge on any atom is 0.112 e. The Hall–Kier alpha value is -2.20. The van der Waals surface area contributed by atoms with Crippen molar-refractivity contribution in [2.24, 2.45) is 0 Å². The predicted octanol–water partition coefficient (Wildman–Crippen LogP) is 3.61. The first-order chi connectivity index (χ1) is 11.2. The number of fused-ring (bicyclic) bond motifs is 1. The molecule has 1 aliphatic heterocycles. The lowest BCUT2D eigenvalue weighted by atomic mass is 10.1.